The van der Waals surface area contributed by atoms with Crippen LogP contribution < -0.4 is 0 Å². The van der Waals surface area contributed by atoms with Gasteiger partial charge < -0.3 is 9.32 Å². The Bertz CT molecular complexity index is 639. The number of halogens is 1. The van der Waals surface area contributed by atoms with Crippen LogP contribution in [0.25, 0.3) is 0 Å². The lowest BCUT2D eigenvalue weighted by Crippen LogP contribution is -2.27. The van der Waals surface area contributed by atoms with Crippen LogP contribution in [0.4, 0.5) is 0 Å². The number of thiophene rings is 1. The van der Waals surface area contributed by atoms with Gasteiger partial charge in [0, 0.05) is 17.8 Å². The highest BCUT2D eigenvalue weighted by Gasteiger charge is 2.29. The Balaban J connectivity index is 1.48. The zero-order chi connectivity index (χ0) is 14.8. The molecule has 3 rings (SSSR count). The summed E-state index contributed by atoms with van der Waals surface area (Å²) in [6.45, 7) is 0.563. The number of hydrogen-bond acceptors (Lipinski definition) is 6. The molecule has 0 aliphatic heterocycles. The summed E-state index contributed by atoms with van der Waals surface area (Å²) in [5, 5.41) is 8.42. The number of carbonyl (C=O) groups excluding carboxylic acids is 1. The maximum absolute atomic E-state index is 12.1. The number of hydrogen-bond donors (Lipinski definition) is 0. The molecule has 0 radical (unpaired) electrons. The minimum atomic E-state index is 0.0238. The van der Waals surface area contributed by atoms with Gasteiger partial charge in [-0.3, -0.25) is 4.79 Å². The number of thioether (sulfide) groups is 1. The van der Waals surface area contributed by atoms with Crippen LogP contribution in [-0.2, 0) is 11.3 Å². The van der Waals surface area contributed by atoms with Gasteiger partial charge in [0.2, 0.25) is 11.8 Å². The van der Waals surface area contributed by atoms with Gasteiger partial charge in [0.15, 0.2) is 0 Å². The van der Waals surface area contributed by atoms with Crippen LogP contribution in [0.5, 0.6) is 0 Å². The van der Waals surface area contributed by atoms with Gasteiger partial charge in [-0.25, -0.2) is 0 Å². The van der Waals surface area contributed by atoms with Gasteiger partial charge in [0.25, 0.3) is 5.22 Å². The molecule has 1 aliphatic carbocycles. The normalized spacial score (nSPS) is 14.4. The number of amides is 1. The van der Waals surface area contributed by atoms with E-state index in [0.29, 0.717) is 29.3 Å². The van der Waals surface area contributed by atoms with E-state index < -0.39 is 0 Å². The first-order chi connectivity index (χ1) is 10.1. The fraction of sp³-hybridized carbons (Fsp3) is 0.462. The molecule has 2 aromatic heterocycles. The number of rotatable bonds is 6. The van der Waals surface area contributed by atoms with Crippen molar-refractivity contribution < 1.29 is 9.21 Å². The van der Waals surface area contributed by atoms with E-state index in [1.165, 1.54) is 23.1 Å². The Morgan fingerprint density at radius 3 is 3.00 bits per heavy atom. The molecular weight excluding hydrogens is 330 g/mol. The van der Waals surface area contributed by atoms with Gasteiger partial charge >= 0.3 is 0 Å². The van der Waals surface area contributed by atoms with E-state index in [4.69, 9.17) is 16.0 Å². The van der Waals surface area contributed by atoms with Crippen LogP contribution in [0.3, 0.4) is 0 Å². The predicted molar refractivity (Wildman–Crippen MR) is 82.8 cm³/mol. The Morgan fingerprint density at radius 1 is 1.52 bits per heavy atom. The highest BCUT2D eigenvalue weighted by molar-refractivity contribution is 7.99. The van der Waals surface area contributed by atoms with E-state index in [1.54, 1.807) is 11.9 Å². The van der Waals surface area contributed by atoms with Crippen molar-refractivity contribution >= 4 is 40.6 Å². The number of carbonyl (C=O) groups is 1. The molecule has 2 aromatic rings. The average Bonchev–Trinajstić information content (AvgIpc) is 3.07. The lowest BCUT2D eigenvalue weighted by atomic mass is 10.4. The fourth-order valence-corrected chi connectivity index (χ4v) is 3.62. The minimum absolute atomic E-state index is 0.0238. The molecule has 1 aliphatic rings. The summed E-state index contributed by atoms with van der Waals surface area (Å²) in [6, 6.07) is 3.77. The molecule has 1 amide bonds. The number of nitrogens with zero attached hydrogens (tertiary/aromatic N) is 3. The summed E-state index contributed by atoms with van der Waals surface area (Å²) in [4.78, 5) is 14.8. The van der Waals surface area contributed by atoms with E-state index in [1.807, 2.05) is 12.1 Å². The van der Waals surface area contributed by atoms with Crippen LogP contribution in [-0.4, -0.2) is 33.8 Å². The lowest BCUT2D eigenvalue weighted by Gasteiger charge is -2.15. The molecule has 0 aromatic carbocycles. The molecule has 0 unspecified atom stereocenters. The van der Waals surface area contributed by atoms with Crippen LogP contribution in [0, 0.1) is 0 Å². The van der Waals surface area contributed by atoms with E-state index in [2.05, 4.69) is 10.2 Å². The molecule has 0 atom stereocenters. The molecule has 21 heavy (non-hydrogen) atoms. The molecule has 8 heteroatoms. The highest BCUT2D eigenvalue weighted by atomic mass is 35.5. The Hall–Kier alpha value is -1.05. The SMILES string of the molecule is CN(Cc1ccc(Cl)s1)C(=O)CSc1nnc(C2CC2)o1. The maximum atomic E-state index is 12.1. The first-order valence-electron chi connectivity index (χ1n) is 6.56. The molecule has 5 nitrogen and oxygen atoms in total. The van der Waals surface area contributed by atoms with Crippen molar-refractivity contribution in [2.75, 3.05) is 12.8 Å². The Morgan fingerprint density at radius 2 is 2.33 bits per heavy atom. The molecule has 1 fully saturated rings. The third kappa shape index (κ3) is 3.99. The van der Waals surface area contributed by atoms with Crippen LogP contribution >= 0.6 is 34.7 Å². The monoisotopic (exact) mass is 343 g/mol. The summed E-state index contributed by atoms with van der Waals surface area (Å²) in [7, 11) is 1.78. The third-order valence-corrected chi connectivity index (χ3v) is 5.13. The highest BCUT2D eigenvalue weighted by Crippen LogP contribution is 2.39. The second-order valence-electron chi connectivity index (χ2n) is 4.92. The first-order valence-corrected chi connectivity index (χ1v) is 8.74. The Kier molecular flexibility index (Phi) is 4.51. The third-order valence-electron chi connectivity index (χ3n) is 3.12. The predicted octanol–water partition coefficient (Wildman–Crippen LogP) is 3.41. The van der Waals surface area contributed by atoms with E-state index >= 15 is 0 Å². The molecule has 0 spiro atoms. The molecule has 0 bridgehead atoms. The van der Waals surface area contributed by atoms with Crippen molar-refractivity contribution in [3.63, 3.8) is 0 Å². The molecule has 0 N–H and O–H groups in total. The molecule has 0 saturated heterocycles. The summed E-state index contributed by atoms with van der Waals surface area (Å²) < 4.78 is 6.25. The Labute approximate surface area is 135 Å². The molecule has 2 heterocycles. The average molecular weight is 344 g/mol. The van der Waals surface area contributed by atoms with Crippen LogP contribution in [0.2, 0.25) is 4.34 Å². The second-order valence-corrected chi connectivity index (χ2v) is 7.65. The van der Waals surface area contributed by atoms with Crippen LogP contribution in [0.15, 0.2) is 21.8 Å². The molecular formula is C13H14ClN3O2S2. The van der Waals surface area contributed by atoms with Gasteiger partial charge in [-0.05, 0) is 25.0 Å². The summed E-state index contributed by atoms with van der Waals surface area (Å²) in [6.07, 6.45) is 2.24. The molecule has 112 valence electrons. The largest absolute Gasteiger partial charge is 0.416 e. The van der Waals surface area contributed by atoms with Gasteiger partial charge in [-0.15, -0.1) is 21.5 Å². The van der Waals surface area contributed by atoms with Crippen molar-refractivity contribution in [2.45, 2.75) is 30.5 Å². The second kappa shape index (κ2) is 6.37. The maximum Gasteiger partial charge on any atom is 0.277 e. The molecule has 1 saturated carbocycles. The summed E-state index contributed by atoms with van der Waals surface area (Å²) >= 11 is 8.65. The van der Waals surface area contributed by atoms with Crippen molar-refractivity contribution in [1.29, 1.82) is 0 Å². The summed E-state index contributed by atoms with van der Waals surface area (Å²) in [5.74, 6) is 1.46. The van der Waals surface area contributed by atoms with E-state index in [0.717, 1.165) is 22.1 Å². The van der Waals surface area contributed by atoms with Crippen LogP contribution in [0.1, 0.15) is 29.5 Å². The number of aromatic nitrogens is 2. The van der Waals surface area contributed by atoms with Crippen molar-refractivity contribution in [1.82, 2.24) is 15.1 Å². The van der Waals surface area contributed by atoms with E-state index in [-0.39, 0.29) is 5.91 Å². The fourth-order valence-electron chi connectivity index (χ4n) is 1.77. The van der Waals surface area contributed by atoms with Gasteiger partial charge in [-0.2, -0.15) is 0 Å². The first kappa shape index (κ1) is 14.9. The van der Waals surface area contributed by atoms with Crippen molar-refractivity contribution in [3.05, 3.63) is 27.2 Å². The smallest absolute Gasteiger partial charge is 0.277 e. The summed E-state index contributed by atoms with van der Waals surface area (Å²) in [5.41, 5.74) is 0. The zero-order valence-electron chi connectivity index (χ0n) is 11.4. The lowest BCUT2D eigenvalue weighted by molar-refractivity contribution is -0.127. The topological polar surface area (TPSA) is 59.2 Å². The minimum Gasteiger partial charge on any atom is -0.416 e. The van der Waals surface area contributed by atoms with Gasteiger partial charge in [0.1, 0.15) is 0 Å². The quantitative estimate of drug-likeness (QED) is 0.752. The standard InChI is InChI=1S/C13H14ClN3O2S2/c1-17(6-9-4-5-10(14)21-9)11(18)7-20-13-16-15-12(19-13)8-2-3-8/h4-5,8H,2-3,6-7H2,1H3. The van der Waals surface area contributed by atoms with E-state index in [9.17, 15) is 4.79 Å². The van der Waals surface area contributed by atoms with Crippen molar-refractivity contribution in [3.8, 4) is 0 Å². The van der Waals surface area contributed by atoms with Gasteiger partial charge in [0.05, 0.1) is 16.6 Å². The van der Waals surface area contributed by atoms with Crippen molar-refractivity contribution in [2.24, 2.45) is 0 Å². The van der Waals surface area contributed by atoms with Gasteiger partial charge in [-0.1, -0.05) is 23.4 Å². The zero-order valence-corrected chi connectivity index (χ0v) is 13.8.